The molecule has 1 aromatic carbocycles. The molecule has 0 aliphatic rings. The van der Waals surface area contributed by atoms with Crippen molar-refractivity contribution in [2.45, 2.75) is 26.8 Å². The van der Waals surface area contributed by atoms with E-state index >= 15 is 0 Å². The number of aromatic amines is 1. The van der Waals surface area contributed by atoms with Gasteiger partial charge < -0.3 is 14.7 Å². The lowest BCUT2D eigenvalue weighted by molar-refractivity contribution is 0.0938. The summed E-state index contributed by atoms with van der Waals surface area (Å²) >= 11 is 0. The number of carbonyl (C=O) groups excluding carboxylic acids is 1. The maximum atomic E-state index is 12.2. The molecule has 1 unspecified atom stereocenters. The van der Waals surface area contributed by atoms with Crippen LogP contribution in [0.1, 0.15) is 40.3 Å². The number of hydrogen-bond acceptors (Lipinski definition) is 3. The third kappa shape index (κ3) is 2.90. The molecule has 0 aliphatic heterocycles. The van der Waals surface area contributed by atoms with Gasteiger partial charge in [-0.3, -0.25) is 9.36 Å². The number of H-pyrrole nitrogens is 1. The number of benzene rings is 1. The highest BCUT2D eigenvalue weighted by molar-refractivity contribution is 5.95. The molecule has 24 heavy (non-hydrogen) atoms. The molecule has 0 radical (unpaired) electrons. The Hall–Kier alpha value is -3.02. The van der Waals surface area contributed by atoms with E-state index in [0.717, 1.165) is 16.9 Å². The van der Waals surface area contributed by atoms with Gasteiger partial charge in [0.25, 0.3) is 5.91 Å². The van der Waals surface area contributed by atoms with E-state index in [1.165, 1.54) is 6.26 Å². The molecule has 0 bridgehead atoms. The summed E-state index contributed by atoms with van der Waals surface area (Å²) in [5.74, 6) is 0.424. The fourth-order valence-corrected chi connectivity index (χ4v) is 2.67. The van der Waals surface area contributed by atoms with Gasteiger partial charge in [-0.15, -0.1) is 0 Å². The van der Waals surface area contributed by atoms with Gasteiger partial charge in [0.05, 0.1) is 23.6 Å². The summed E-state index contributed by atoms with van der Waals surface area (Å²) < 4.78 is 6.76. The zero-order valence-electron chi connectivity index (χ0n) is 13.8. The first-order valence-corrected chi connectivity index (χ1v) is 7.69. The molecule has 0 spiro atoms. The van der Waals surface area contributed by atoms with Crippen molar-refractivity contribution < 1.29 is 9.21 Å². The molecule has 2 heterocycles. The number of hydrogen-bond donors (Lipinski definition) is 2. The number of furan rings is 1. The van der Waals surface area contributed by atoms with E-state index in [4.69, 9.17) is 4.42 Å². The third-order valence-electron chi connectivity index (χ3n) is 4.06. The number of rotatable bonds is 4. The lowest BCUT2D eigenvalue weighted by Crippen LogP contribution is -2.26. The molecular weight excluding hydrogens is 306 g/mol. The number of carbonyl (C=O) groups is 1. The van der Waals surface area contributed by atoms with Gasteiger partial charge in [-0.25, -0.2) is 4.79 Å². The van der Waals surface area contributed by atoms with Crippen LogP contribution in [0.5, 0.6) is 0 Å². The second-order valence-electron chi connectivity index (χ2n) is 5.75. The first kappa shape index (κ1) is 15.9. The average Bonchev–Trinajstić information content (AvgIpc) is 3.13. The number of imidazole rings is 1. The van der Waals surface area contributed by atoms with Crippen molar-refractivity contribution in [2.75, 3.05) is 0 Å². The monoisotopic (exact) mass is 325 g/mol. The van der Waals surface area contributed by atoms with E-state index < -0.39 is 0 Å². The fraction of sp³-hybridized carbons (Fsp3) is 0.222. The molecule has 6 nitrogen and oxygen atoms in total. The molecule has 124 valence electrons. The molecule has 2 aromatic heterocycles. The Morgan fingerprint density at radius 2 is 1.92 bits per heavy atom. The third-order valence-corrected chi connectivity index (χ3v) is 4.06. The Balaban J connectivity index is 1.77. The van der Waals surface area contributed by atoms with Crippen LogP contribution in [0.2, 0.25) is 0 Å². The first-order valence-electron chi connectivity index (χ1n) is 7.69. The van der Waals surface area contributed by atoms with E-state index in [0.29, 0.717) is 11.3 Å². The van der Waals surface area contributed by atoms with Crippen molar-refractivity contribution in [3.63, 3.8) is 0 Å². The summed E-state index contributed by atoms with van der Waals surface area (Å²) in [6, 6.07) is 9.03. The van der Waals surface area contributed by atoms with Gasteiger partial charge in [-0.05, 0) is 44.5 Å². The fourth-order valence-electron chi connectivity index (χ4n) is 2.67. The van der Waals surface area contributed by atoms with Gasteiger partial charge in [-0.1, -0.05) is 12.1 Å². The van der Waals surface area contributed by atoms with Crippen LogP contribution < -0.4 is 11.0 Å². The van der Waals surface area contributed by atoms with E-state index in [2.05, 4.69) is 10.3 Å². The van der Waals surface area contributed by atoms with Crippen LogP contribution in [0.3, 0.4) is 0 Å². The molecule has 6 heteroatoms. The molecule has 3 rings (SSSR count). The molecule has 1 amide bonds. The van der Waals surface area contributed by atoms with Gasteiger partial charge in [0.15, 0.2) is 0 Å². The van der Waals surface area contributed by atoms with Gasteiger partial charge >= 0.3 is 5.69 Å². The Bertz CT molecular complexity index is 916. The second kappa shape index (κ2) is 6.23. The molecule has 0 aliphatic carbocycles. The number of aromatic nitrogens is 2. The van der Waals surface area contributed by atoms with Gasteiger partial charge in [0.1, 0.15) is 5.76 Å². The minimum atomic E-state index is -0.171. The van der Waals surface area contributed by atoms with Crippen LogP contribution in [0, 0.1) is 13.8 Å². The highest BCUT2D eigenvalue weighted by Gasteiger charge is 2.15. The van der Waals surface area contributed by atoms with Gasteiger partial charge in [-0.2, -0.15) is 0 Å². The van der Waals surface area contributed by atoms with Crippen molar-refractivity contribution in [1.29, 1.82) is 0 Å². The molecule has 0 saturated heterocycles. The van der Waals surface area contributed by atoms with Crippen molar-refractivity contribution >= 4 is 5.91 Å². The quantitative estimate of drug-likeness (QED) is 0.774. The number of aryl methyl sites for hydroxylation is 2. The standard InChI is InChI=1S/C18H19N3O3/c1-11-10-19-18(23)21(11)15-6-4-14(5-7-15)12(2)20-17(22)16-8-9-24-13(16)3/h4-10,12H,1-3H3,(H,19,23)(H,20,22). The van der Waals surface area contributed by atoms with Crippen LogP contribution >= 0.6 is 0 Å². The summed E-state index contributed by atoms with van der Waals surface area (Å²) in [5.41, 5.74) is 2.94. The highest BCUT2D eigenvalue weighted by Crippen LogP contribution is 2.17. The summed E-state index contributed by atoms with van der Waals surface area (Å²) in [7, 11) is 0. The maximum absolute atomic E-state index is 12.2. The van der Waals surface area contributed by atoms with E-state index in [1.807, 2.05) is 38.1 Å². The van der Waals surface area contributed by atoms with Crippen LogP contribution in [0.25, 0.3) is 5.69 Å². The Morgan fingerprint density at radius 3 is 2.46 bits per heavy atom. The lowest BCUT2D eigenvalue weighted by atomic mass is 10.1. The van der Waals surface area contributed by atoms with Crippen LogP contribution in [0.15, 0.2) is 52.0 Å². The second-order valence-corrected chi connectivity index (χ2v) is 5.75. The number of nitrogens with zero attached hydrogens (tertiary/aromatic N) is 1. The van der Waals surface area contributed by atoms with Crippen LogP contribution in [0.4, 0.5) is 0 Å². The van der Waals surface area contributed by atoms with E-state index in [-0.39, 0.29) is 17.6 Å². The van der Waals surface area contributed by atoms with Crippen LogP contribution in [-0.2, 0) is 0 Å². The van der Waals surface area contributed by atoms with Crippen LogP contribution in [-0.4, -0.2) is 15.5 Å². The molecule has 3 aromatic rings. The summed E-state index contributed by atoms with van der Waals surface area (Å²) in [6.07, 6.45) is 3.17. The Kier molecular flexibility index (Phi) is 4.12. The highest BCUT2D eigenvalue weighted by atomic mass is 16.3. The van der Waals surface area contributed by atoms with Gasteiger partial charge in [0.2, 0.25) is 0 Å². The normalized spacial score (nSPS) is 12.1. The minimum Gasteiger partial charge on any atom is -0.469 e. The molecule has 0 saturated carbocycles. The summed E-state index contributed by atoms with van der Waals surface area (Å²) in [6.45, 7) is 5.53. The topological polar surface area (TPSA) is 80.0 Å². The van der Waals surface area contributed by atoms with Gasteiger partial charge in [0, 0.05) is 11.9 Å². The minimum absolute atomic E-state index is 0.162. The SMILES string of the molecule is Cc1occc1C(=O)NC(C)c1ccc(-n2c(C)c[nH]c2=O)cc1. The van der Waals surface area contributed by atoms with Crippen molar-refractivity contribution in [3.8, 4) is 5.69 Å². The zero-order valence-corrected chi connectivity index (χ0v) is 13.8. The first-order chi connectivity index (χ1) is 11.5. The Morgan fingerprint density at radius 1 is 1.21 bits per heavy atom. The van der Waals surface area contributed by atoms with Crippen molar-refractivity contribution in [3.05, 3.63) is 75.9 Å². The largest absolute Gasteiger partial charge is 0.469 e. The molecule has 0 fully saturated rings. The smallest absolute Gasteiger partial charge is 0.330 e. The summed E-state index contributed by atoms with van der Waals surface area (Å²) in [4.78, 5) is 26.7. The average molecular weight is 325 g/mol. The lowest BCUT2D eigenvalue weighted by Gasteiger charge is -2.15. The van der Waals surface area contributed by atoms with Crippen molar-refractivity contribution in [2.24, 2.45) is 0 Å². The maximum Gasteiger partial charge on any atom is 0.330 e. The molecular formula is C18H19N3O3. The number of amides is 1. The Labute approximate surface area is 139 Å². The van der Waals surface area contributed by atoms with Crippen molar-refractivity contribution in [1.82, 2.24) is 14.9 Å². The summed E-state index contributed by atoms with van der Waals surface area (Å²) in [5, 5.41) is 2.94. The molecule has 1 atom stereocenters. The number of nitrogens with one attached hydrogen (secondary N) is 2. The molecule has 2 N–H and O–H groups in total. The zero-order chi connectivity index (χ0) is 17.3. The van der Waals surface area contributed by atoms with E-state index in [9.17, 15) is 9.59 Å². The predicted octanol–water partition coefficient (Wildman–Crippen LogP) is 2.87. The van der Waals surface area contributed by atoms with E-state index in [1.54, 1.807) is 23.8 Å². The predicted molar refractivity (Wildman–Crippen MR) is 90.5 cm³/mol.